The molecule has 0 aliphatic rings. The molecule has 1 N–H and O–H groups in total. The molecule has 0 saturated heterocycles. The molecule has 0 heterocycles. The van der Waals surface area contributed by atoms with E-state index in [1.165, 1.54) is 7.11 Å². The second-order valence-corrected chi connectivity index (χ2v) is 5.50. The maximum absolute atomic E-state index is 14.0. The topological polar surface area (TPSA) is 38.7 Å². The zero-order valence-electron chi connectivity index (χ0n) is 11.8. The van der Waals surface area contributed by atoms with Crippen LogP contribution in [0.4, 0.5) is 4.39 Å². The molecule has 2 aromatic carbocycles. The summed E-state index contributed by atoms with van der Waals surface area (Å²) in [5.74, 6) is 0.272. The summed E-state index contributed by atoms with van der Waals surface area (Å²) in [5.41, 5.74) is 1.04. The average molecular weight is 355 g/mol. The lowest BCUT2D eigenvalue weighted by molar-refractivity contribution is 0.189. The first-order valence-corrected chi connectivity index (χ1v) is 7.24. The lowest BCUT2D eigenvalue weighted by Gasteiger charge is -2.14. The average Bonchev–Trinajstić information content (AvgIpc) is 2.47. The van der Waals surface area contributed by atoms with Crippen LogP contribution in [0, 0.1) is 5.82 Å². The first-order chi connectivity index (χ1) is 10.0. The van der Waals surface area contributed by atoms with E-state index < -0.39 is 11.9 Å². The van der Waals surface area contributed by atoms with Gasteiger partial charge in [0.25, 0.3) is 0 Å². The van der Waals surface area contributed by atoms with Gasteiger partial charge in [-0.15, -0.1) is 0 Å². The van der Waals surface area contributed by atoms with E-state index in [2.05, 4.69) is 15.9 Å². The van der Waals surface area contributed by atoms with Crippen molar-refractivity contribution in [1.29, 1.82) is 0 Å². The van der Waals surface area contributed by atoms with E-state index in [-0.39, 0.29) is 12.4 Å². The SMILES string of the molecule is COc1cccc(COc2ccc(Br)cc2[C@H](C)O)c1F. The van der Waals surface area contributed by atoms with Gasteiger partial charge >= 0.3 is 0 Å². The third-order valence-corrected chi connectivity index (χ3v) is 3.56. The second-order valence-electron chi connectivity index (χ2n) is 4.58. The number of hydrogen-bond donors (Lipinski definition) is 1. The smallest absolute Gasteiger partial charge is 0.171 e. The van der Waals surface area contributed by atoms with Crippen LogP contribution in [-0.4, -0.2) is 12.2 Å². The van der Waals surface area contributed by atoms with E-state index in [1.807, 2.05) is 6.07 Å². The molecule has 0 amide bonds. The molecule has 0 saturated carbocycles. The molecule has 0 bridgehead atoms. The summed E-state index contributed by atoms with van der Waals surface area (Å²) in [6.45, 7) is 1.71. The first-order valence-electron chi connectivity index (χ1n) is 6.44. The van der Waals surface area contributed by atoms with Crippen LogP contribution in [0.15, 0.2) is 40.9 Å². The van der Waals surface area contributed by atoms with Gasteiger partial charge < -0.3 is 14.6 Å². The summed E-state index contributed by atoms with van der Waals surface area (Å²) in [6, 6.07) is 10.2. The Morgan fingerprint density at radius 2 is 2.00 bits per heavy atom. The molecular weight excluding hydrogens is 339 g/mol. The Bertz CT molecular complexity index is 629. The monoisotopic (exact) mass is 354 g/mol. The van der Waals surface area contributed by atoms with E-state index in [0.717, 1.165) is 4.47 Å². The highest BCUT2D eigenvalue weighted by molar-refractivity contribution is 9.10. The Balaban J connectivity index is 2.21. The maximum atomic E-state index is 14.0. The molecule has 112 valence electrons. The highest BCUT2D eigenvalue weighted by atomic mass is 79.9. The third kappa shape index (κ3) is 3.74. The van der Waals surface area contributed by atoms with Crippen LogP contribution in [0.1, 0.15) is 24.2 Å². The van der Waals surface area contributed by atoms with Gasteiger partial charge in [-0.25, -0.2) is 4.39 Å². The van der Waals surface area contributed by atoms with E-state index in [9.17, 15) is 9.50 Å². The number of hydrogen-bond acceptors (Lipinski definition) is 3. The minimum absolute atomic E-state index is 0.0599. The number of ether oxygens (including phenoxy) is 2. The van der Waals surface area contributed by atoms with Crippen LogP contribution in [-0.2, 0) is 6.61 Å². The Morgan fingerprint density at radius 1 is 1.24 bits per heavy atom. The van der Waals surface area contributed by atoms with E-state index >= 15 is 0 Å². The van der Waals surface area contributed by atoms with Crippen LogP contribution in [0.25, 0.3) is 0 Å². The normalized spacial score (nSPS) is 12.0. The minimum atomic E-state index is -0.673. The Morgan fingerprint density at radius 3 is 2.67 bits per heavy atom. The van der Waals surface area contributed by atoms with Crippen molar-refractivity contribution < 1.29 is 19.0 Å². The zero-order valence-corrected chi connectivity index (χ0v) is 13.4. The summed E-state index contributed by atoms with van der Waals surface area (Å²) < 4.78 is 25.5. The molecule has 0 spiro atoms. The van der Waals surface area contributed by atoms with Gasteiger partial charge in [-0.3, -0.25) is 0 Å². The van der Waals surface area contributed by atoms with Gasteiger partial charge in [0.15, 0.2) is 11.6 Å². The molecule has 0 radical (unpaired) electrons. The fourth-order valence-electron chi connectivity index (χ4n) is 1.96. The second kappa shape index (κ2) is 6.91. The summed E-state index contributed by atoms with van der Waals surface area (Å²) in [5, 5.41) is 9.77. The summed E-state index contributed by atoms with van der Waals surface area (Å²) in [7, 11) is 1.42. The van der Waals surface area contributed by atoms with Crippen molar-refractivity contribution in [3.05, 3.63) is 57.8 Å². The molecule has 21 heavy (non-hydrogen) atoms. The number of aliphatic hydroxyl groups excluding tert-OH is 1. The molecule has 0 aliphatic carbocycles. The molecule has 2 aromatic rings. The highest BCUT2D eigenvalue weighted by Crippen LogP contribution is 2.30. The van der Waals surface area contributed by atoms with Gasteiger partial charge in [-0.2, -0.15) is 0 Å². The Labute approximate surface area is 131 Å². The van der Waals surface area contributed by atoms with E-state index in [1.54, 1.807) is 37.3 Å². The molecular formula is C16H16BrFO3. The zero-order chi connectivity index (χ0) is 15.4. The van der Waals surface area contributed by atoms with Crippen molar-refractivity contribution in [1.82, 2.24) is 0 Å². The van der Waals surface area contributed by atoms with Gasteiger partial charge in [0.1, 0.15) is 12.4 Å². The molecule has 1 atom stereocenters. The van der Waals surface area contributed by atoms with Crippen LogP contribution in [0.5, 0.6) is 11.5 Å². The number of halogens is 2. The molecule has 5 heteroatoms. The van der Waals surface area contributed by atoms with E-state index in [0.29, 0.717) is 16.9 Å². The molecule has 0 fully saturated rings. The standard InChI is InChI=1S/C16H16BrFO3/c1-10(19)13-8-12(17)6-7-14(13)21-9-11-4-3-5-15(20-2)16(11)18/h3-8,10,19H,9H2,1-2H3/t10-/m0/s1. The molecule has 0 aliphatic heterocycles. The molecule has 2 rings (SSSR count). The third-order valence-electron chi connectivity index (χ3n) is 3.07. The Hall–Kier alpha value is -1.59. The fraction of sp³-hybridized carbons (Fsp3) is 0.250. The van der Waals surface area contributed by atoms with Crippen LogP contribution < -0.4 is 9.47 Å². The minimum Gasteiger partial charge on any atom is -0.494 e. The van der Waals surface area contributed by atoms with Crippen molar-refractivity contribution in [2.45, 2.75) is 19.6 Å². The van der Waals surface area contributed by atoms with Gasteiger partial charge in [0, 0.05) is 15.6 Å². The molecule has 3 nitrogen and oxygen atoms in total. The highest BCUT2D eigenvalue weighted by Gasteiger charge is 2.12. The number of benzene rings is 2. The van der Waals surface area contributed by atoms with Crippen molar-refractivity contribution in [3.8, 4) is 11.5 Å². The lowest BCUT2D eigenvalue weighted by atomic mass is 10.1. The molecule has 0 unspecified atom stereocenters. The summed E-state index contributed by atoms with van der Waals surface area (Å²) >= 11 is 3.35. The van der Waals surface area contributed by atoms with Crippen LogP contribution in [0.2, 0.25) is 0 Å². The van der Waals surface area contributed by atoms with Gasteiger partial charge in [0.2, 0.25) is 0 Å². The number of rotatable bonds is 5. The van der Waals surface area contributed by atoms with Gasteiger partial charge in [0.05, 0.1) is 13.2 Å². The maximum Gasteiger partial charge on any atom is 0.171 e. The van der Waals surface area contributed by atoms with Crippen molar-refractivity contribution in [2.75, 3.05) is 7.11 Å². The van der Waals surface area contributed by atoms with Crippen LogP contribution in [0.3, 0.4) is 0 Å². The first kappa shape index (κ1) is 15.8. The van der Waals surface area contributed by atoms with Crippen molar-refractivity contribution in [2.24, 2.45) is 0 Å². The predicted octanol–water partition coefficient (Wildman–Crippen LogP) is 4.23. The molecule has 0 aromatic heterocycles. The summed E-state index contributed by atoms with van der Waals surface area (Å²) in [4.78, 5) is 0. The van der Waals surface area contributed by atoms with Crippen LogP contribution >= 0.6 is 15.9 Å². The number of aliphatic hydroxyl groups is 1. The van der Waals surface area contributed by atoms with E-state index in [4.69, 9.17) is 9.47 Å². The fourth-order valence-corrected chi connectivity index (χ4v) is 2.34. The van der Waals surface area contributed by atoms with Crippen molar-refractivity contribution in [3.63, 3.8) is 0 Å². The number of methoxy groups -OCH3 is 1. The van der Waals surface area contributed by atoms with Gasteiger partial charge in [-0.05, 0) is 31.2 Å². The Kier molecular flexibility index (Phi) is 5.20. The largest absolute Gasteiger partial charge is 0.494 e. The van der Waals surface area contributed by atoms with Crippen molar-refractivity contribution >= 4 is 15.9 Å². The van der Waals surface area contributed by atoms with Gasteiger partial charge in [-0.1, -0.05) is 28.1 Å². The predicted molar refractivity (Wildman–Crippen MR) is 82.1 cm³/mol. The summed E-state index contributed by atoms with van der Waals surface area (Å²) in [6.07, 6.45) is -0.673. The quantitative estimate of drug-likeness (QED) is 0.873. The lowest BCUT2D eigenvalue weighted by Crippen LogP contribution is -2.03.